The monoisotopic (exact) mass is 525 g/mol. The Hall–Kier alpha value is -0.160. The SMILES string of the molecule is CCNC(=NCC1CCN(CCOC)CC1)NC1CCN(CCCOC)CC1.I. The predicted molar refractivity (Wildman–Crippen MR) is 132 cm³/mol. The van der Waals surface area contributed by atoms with Gasteiger partial charge in [-0.05, 0) is 58.0 Å². The quantitative estimate of drug-likeness (QED) is 0.186. The largest absolute Gasteiger partial charge is 0.385 e. The molecule has 8 heteroatoms. The fraction of sp³-hybridized carbons (Fsp3) is 0.952. The summed E-state index contributed by atoms with van der Waals surface area (Å²) >= 11 is 0. The number of ether oxygens (including phenoxy) is 2. The van der Waals surface area contributed by atoms with Crippen LogP contribution in [0.3, 0.4) is 0 Å². The molecule has 2 N–H and O–H groups in total. The first-order valence-electron chi connectivity index (χ1n) is 11.2. The van der Waals surface area contributed by atoms with Gasteiger partial charge in [-0.15, -0.1) is 24.0 Å². The summed E-state index contributed by atoms with van der Waals surface area (Å²) in [4.78, 5) is 9.98. The summed E-state index contributed by atoms with van der Waals surface area (Å²) in [5, 5.41) is 7.12. The number of guanidine groups is 1. The van der Waals surface area contributed by atoms with Crippen LogP contribution in [-0.4, -0.2) is 102 Å². The van der Waals surface area contributed by atoms with E-state index in [4.69, 9.17) is 14.5 Å². The summed E-state index contributed by atoms with van der Waals surface area (Å²) < 4.78 is 10.4. The van der Waals surface area contributed by atoms with E-state index in [1.54, 1.807) is 14.2 Å². The molecule has 0 aromatic rings. The Bertz CT molecular complexity index is 425. The predicted octanol–water partition coefficient (Wildman–Crippen LogP) is 2.02. The lowest BCUT2D eigenvalue weighted by atomic mass is 9.97. The Kier molecular flexibility index (Phi) is 15.3. The van der Waals surface area contributed by atoms with Gasteiger partial charge in [-0.25, -0.2) is 0 Å². The third-order valence-corrected chi connectivity index (χ3v) is 5.92. The molecule has 0 unspecified atom stereocenters. The van der Waals surface area contributed by atoms with E-state index < -0.39 is 0 Å². The van der Waals surface area contributed by atoms with Gasteiger partial charge >= 0.3 is 0 Å². The van der Waals surface area contributed by atoms with Gasteiger partial charge in [0, 0.05) is 66.1 Å². The van der Waals surface area contributed by atoms with Crippen molar-refractivity contribution in [1.29, 1.82) is 0 Å². The van der Waals surface area contributed by atoms with Crippen molar-refractivity contribution in [3.05, 3.63) is 0 Å². The Morgan fingerprint density at radius 2 is 1.55 bits per heavy atom. The van der Waals surface area contributed by atoms with Crippen LogP contribution in [0, 0.1) is 5.92 Å². The van der Waals surface area contributed by atoms with Crippen molar-refractivity contribution < 1.29 is 9.47 Å². The van der Waals surface area contributed by atoms with Crippen molar-refractivity contribution in [3.63, 3.8) is 0 Å². The van der Waals surface area contributed by atoms with Gasteiger partial charge in [-0.2, -0.15) is 0 Å². The molecule has 2 rings (SSSR count). The van der Waals surface area contributed by atoms with Crippen LogP contribution in [0.15, 0.2) is 4.99 Å². The molecule has 0 amide bonds. The van der Waals surface area contributed by atoms with Crippen molar-refractivity contribution in [2.75, 3.05) is 79.8 Å². The smallest absolute Gasteiger partial charge is 0.191 e. The normalized spacial score (nSPS) is 20.4. The summed E-state index contributed by atoms with van der Waals surface area (Å²) in [7, 11) is 3.56. The fourth-order valence-electron chi connectivity index (χ4n) is 4.08. The minimum Gasteiger partial charge on any atom is -0.385 e. The first-order valence-corrected chi connectivity index (χ1v) is 11.2. The summed E-state index contributed by atoms with van der Waals surface area (Å²) in [6.07, 6.45) is 5.99. The molecule has 0 bridgehead atoms. The van der Waals surface area contributed by atoms with Crippen molar-refractivity contribution in [2.24, 2.45) is 10.9 Å². The van der Waals surface area contributed by atoms with Gasteiger partial charge < -0.3 is 29.9 Å². The van der Waals surface area contributed by atoms with E-state index in [1.807, 2.05) is 0 Å². The van der Waals surface area contributed by atoms with E-state index >= 15 is 0 Å². The molecular weight excluding hydrogens is 481 g/mol. The van der Waals surface area contributed by atoms with Gasteiger partial charge in [-0.1, -0.05) is 0 Å². The van der Waals surface area contributed by atoms with Gasteiger partial charge in [0.25, 0.3) is 0 Å². The summed E-state index contributed by atoms with van der Waals surface area (Å²) in [6, 6.07) is 0.535. The molecule has 0 saturated carbocycles. The van der Waals surface area contributed by atoms with Crippen LogP contribution in [0.1, 0.15) is 39.0 Å². The van der Waals surface area contributed by atoms with Crippen LogP contribution in [0.2, 0.25) is 0 Å². The number of hydrogen-bond acceptors (Lipinski definition) is 5. The highest BCUT2D eigenvalue weighted by molar-refractivity contribution is 14.0. The van der Waals surface area contributed by atoms with Crippen molar-refractivity contribution in [2.45, 2.75) is 45.1 Å². The summed E-state index contributed by atoms with van der Waals surface area (Å²) in [5.41, 5.74) is 0. The zero-order chi connectivity index (χ0) is 20.0. The second-order valence-electron chi connectivity index (χ2n) is 8.10. The van der Waals surface area contributed by atoms with Gasteiger partial charge in [0.1, 0.15) is 0 Å². The van der Waals surface area contributed by atoms with Crippen LogP contribution in [0.4, 0.5) is 0 Å². The van der Waals surface area contributed by atoms with Crippen LogP contribution in [0.5, 0.6) is 0 Å². The number of nitrogens with one attached hydrogen (secondary N) is 2. The van der Waals surface area contributed by atoms with Crippen molar-refractivity contribution in [1.82, 2.24) is 20.4 Å². The summed E-state index contributed by atoms with van der Waals surface area (Å²) in [5.74, 6) is 1.71. The number of halogens is 1. The third-order valence-electron chi connectivity index (χ3n) is 5.92. The average Bonchev–Trinajstić information content (AvgIpc) is 2.73. The van der Waals surface area contributed by atoms with Gasteiger partial charge in [-0.3, -0.25) is 4.99 Å². The maximum atomic E-state index is 5.19. The highest BCUT2D eigenvalue weighted by Crippen LogP contribution is 2.17. The molecule has 2 heterocycles. The van der Waals surface area contributed by atoms with Crippen LogP contribution in [-0.2, 0) is 9.47 Å². The molecule has 2 aliphatic rings. The van der Waals surface area contributed by atoms with Gasteiger partial charge in [0.05, 0.1) is 6.61 Å². The number of methoxy groups -OCH3 is 2. The Balaban J connectivity index is 0.00000420. The minimum atomic E-state index is 0. The minimum absolute atomic E-state index is 0. The Labute approximate surface area is 195 Å². The molecule has 172 valence electrons. The molecule has 0 aromatic heterocycles. The number of nitrogens with zero attached hydrogens (tertiary/aromatic N) is 3. The molecule has 2 saturated heterocycles. The van der Waals surface area contributed by atoms with E-state index in [9.17, 15) is 0 Å². The van der Waals surface area contributed by atoms with Crippen molar-refractivity contribution >= 4 is 29.9 Å². The molecule has 0 spiro atoms. The zero-order valence-electron chi connectivity index (χ0n) is 18.8. The molecule has 29 heavy (non-hydrogen) atoms. The molecule has 0 aromatic carbocycles. The van der Waals surface area contributed by atoms with Crippen LogP contribution < -0.4 is 10.6 Å². The van der Waals surface area contributed by atoms with E-state index in [2.05, 4.69) is 27.4 Å². The molecule has 0 aliphatic carbocycles. The lowest BCUT2D eigenvalue weighted by Crippen LogP contribution is -2.49. The number of hydrogen-bond donors (Lipinski definition) is 2. The highest BCUT2D eigenvalue weighted by Gasteiger charge is 2.21. The molecule has 0 radical (unpaired) electrons. The number of piperidine rings is 2. The number of aliphatic imine (C=N–C) groups is 1. The van der Waals surface area contributed by atoms with E-state index in [1.165, 1.54) is 51.9 Å². The average molecular weight is 526 g/mol. The van der Waals surface area contributed by atoms with E-state index in [0.717, 1.165) is 51.8 Å². The fourth-order valence-corrected chi connectivity index (χ4v) is 4.08. The first kappa shape index (κ1) is 26.9. The van der Waals surface area contributed by atoms with Gasteiger partial charge in [0.2, 0.25) is 0 Å². The maximum absolute atomic E-state index is 5.19. The number of likely N-dealkylation sites (tertiary alicyclic amines) is 2. The lowest BCUT2D eigenvalue weighted by molar-refractivity contribution is 0.121. The second-order valence-corrected chi connectivity index (χ2v) is 8.10. The van der Waals surface area contributed by atoms with Gasteiger partial charge in [0.15, 0.2) is 5.96 Å². The first-order chi connectivity index (χ1) is 13.7. The highest BCUT2D eigenvalue weighted by atomic mass is 127. The Morgan fingerprint density at radius 1 is 0.931 bits per heavy atom. The van der Waals surface area contributed by atoms with E-state index in [-0.39, 0.29) is 24.0 Å². The third kappa shape index (κ3) is 11.1. The standard InChI is InChI=1S/C21H43N5O2.HI/c1-4-22-21(23-18-19-6-11-26(12-7-19)15-17-28-3)24-20-8-13-25(14-9-20)10-5-16-27-2;/h19-20H,4-18H2,1-3H3,(H2,22,23,24);1H. The summed E-state index contributed by atoms with van der Waals surface area (Å²) in [6.45, 7) is 12.6. The molecule has 7 nitrogen and oxygen atoms in total. The van der Waals surface area contributed by atoms with E-state index in [0.29, 0.717) is 12.0 Å². The van der Waals surface area contributed by atoms with Crippen molar-refractivity contribution in [3.8, 4) is 0 Å². The number of rotatable bonds is 11. The zero-order valence-corrected chi connectivity index (χ0v) is 21.2. The molecule has 2 fully saturated rings. The molecular formula is C21H44IN5O2. The second kappa shape index (κ2) is 16.5. The molecule has 0 atom stereocenters. The maximum Gasteiger partial charge on any atom is 0.191 e. The van der Waals surface area contributed by atoms with Crippen LogP contribution in [0.25, 0.3) is 0 Å². The topological polar surface area (TPSA) is 61.4 Å². The Morgan fingerprint density at radius 3 is 2.17 bits per heavy atom. The lowest BCUT2D eigenvalue weighted by Gasteiger charge is -2.33. The van der Waals surface area contributed by atoms with Crippen LogP contribution >= 0.6 is 24.0 Å². The molecule has 2 aliphatic heterocycles.